The number of para-hydroxylation sites is 3. The minimum Gasteiger partial charge on any atom is -0.454 e. The van der Waals surface area contributed by atoms with Crippen molar-refractivity contribution in [2.24, 2.45) is 0 Å². The molecule has 3 nitrogen and oxygen atoms in total. The maximum absolute atomic E-state index is 6.85. The summed E-state index contributed by atoms with van der Waals surface area (Å²) in [7, 11) is 0. The van der Waals surface area contributed by atoms with Gasteiger partial charge in [-0.15, -0.1) is 0 Å². The summed E-state index contributed by atoms with van der Waals surface area (Å²) in [5.41, 5.74) is 12.8. The van der Waals surface area contributed by atoms with Crippen LogP contribution in [0, 0.1) is 0 Å². The van der Waals surface area contributed by atoms with Gasteiger partial charge in [0, 0.05) is 32.5 Å². The number of benzene rings is 7. The first-order chi connectivity index (χ1) is 23.8. The van der Waals surface area contributed by atoms with E-state index in [4.69, 9.17) is 9.40 Å². The van der Waals surface area contributed by atoms with Gasteiger partial charge in [-0.3, -0.25) is 0 Å². The van der Waals surface area contributed by atoms with Crippen LogP contribution in [-0.2, 0) is 0 Å². The molecule has 3 heterocycles. The van der Waals surface area contributed by atoms with Crippen molar-refractivity contribution in [3.63, 3.8) is 0 Å². The van der Waals surface area contributed by atoms with Crippen LogP contribution >= 0.6 is 0 Å². The Labute approximate surface area is 277 Å². The zero-order valence-corrected chi connectivity index (χ0v) is 26.0. The molecule has 0 fully saturated rings. The van der Waals surface area contributed by atoms with Crippen LogP contribution in [0.15, 0.2) is 174 Å². The smallest absolute Gasteiger partial charge is 0.159 e. The fourth-order valence-electron chi connectivity index (χ4n) is 7.34. The van der Waals surface area contributed by atoms with Crippen molar-refractivity contribution in [2.45, 2.75) is 0 Å². The summed E-state index contributed by atoms with van der Waals surface area (Å²) < 4.78 is 9.21. The third-order valence-electron chi connectivity index (χ3n) is 9.60. The van der Waals surface area contributed by atoms with E-state index in [9.17, 15) is 0 Å². The molecule has 0 aliphatic rings. The van der Waals surface area contributed by atoms with Gasteiger partial charge < -0.3 is 8.98 Å². The van der Waals surface area contributed by atoms with E-state index in [1.807, 2.05) is 6.07 Å². The largest absolute Gasteiger partial charge is 0.454 e. The van der Waals surface area contributed by atoms with Gasteiger partial charge in [0.05, 0.1) is 27.9 Å². The van der Waals surface area contributed by atoms with Crippen LogP contribution in [0.1, 0.15) is 0 Å². The molecule has 3 aromatic heterocycles. The predicted octanol–water partition coefficient (Wildman–Crippen LogP) is 12.2. The van der Waals surface area contributed by atoms with Gasteiger partial charge in [-0.2, -0.15) is 0 Å². The van der Waals surface area contributed by atoms with E-state index in [0.717, 1.165) is 71.9 Å². The second-order valence-electron chi connectivity index (χ2n) is 12.4. The maximum atomic E-state index is 6.85. The summed E-state index contributed by atoms with van der Waals surface area (Å²) in [5.74, 6) is 0. The number of rotatable bonds is 4. The normalized spacial score (nSPS) is 11.8. The molecule has 0 atom stereocenters. The third kappa shape index (κ3) is 4.11. The molecule has 7 aromatic carbocycles. The molecule has 0 spiro atoms. The lowest BCUT2D eigenvalue weighted by atomic mass is 9.97. The fourth-order valence-corrected chi connectivity index (χ4v) is 7.34. The lowest BCUT2D eigenvalue weighted by Gasteiger charge is -2.10. The first-order valence-corrected chi connectivity index (χ1v) is 16.3. The van der Waals surface area contributed by atoms with Crippen molar-refractivity contribution >= 4 is 54.6 Å². The topological polar surface area (TPSA) is 31.0 Å². The molecule has 0 aliphatic carbocycles. The highest BCUT2D eigenvalue weighted by atomic mass is 16.3. The van der Waals surface area contributed by atoms with Gasteiger partial charge in [0.25, 0.3) is 0 Å². The number of nitrogens with zero attached hydrogens (tertiary/aromatic N) is 2. The second-order valence-corrected chi connectivity index (χ2v) is 12.4. The molecular weight excluding hydrogens is 585 g/mol. The van der Waals surface area contributed by atoms with Crippen LogP contribution < -0.4 is 0 Å². The van der Waals surface area contributed by atoms with Crippen LogP contribution in [0.4, 0.5) is 0 Å². The molecule has 3 heteroatoms. The number of furan rings is 1. The van der Waals surface area contributed by atoms with Crippen molar-refractivity contribution in [3.8, 4) is 39.2 Å². The first kappa shape index (κ1) is 26.7. The van der Waals surface area contributed by atoms with Crippen LogP contribution in [0.3, 0.4) is 0 Å². The average Bonchev–Trinajstić information content (AvgIpc) is 3.70. The molecule has 0 amide bonds. The molecule has 0 unspecified atom stereocenters. The molecule has 10 aromatic rings. The standard InChI is InChI=1S/C45H28N2O/c1-3-12-29(13-4-1)31-23-25-42-38(26-31)34-17-8-10-20-41(34)47(42)43-21-11-18-36-35-24-22-32(27-44(35)48-45(36)43)37-28-40(30-14-5-2-6-15-30)46-39-19-9-7-16-33(37)39/h1-28H. The van der Waals surface area contributed by atoms with Crippen molar-refractivity contribution in [2.75, 3.05) is 0 Å². The summed E-state index contributed by atoms with van der Waals surface area (Å²) in [6, 6.07) is 60.1. The Hall–Kier alpha value is -6.45. The average molecular weight is 613 g/mol. The Bertz CT molecular complexity index is 2830. The van der Waals surface area contributed by atoms with E-state index in [0.29, 0.717) is 0 Å². The Morgan fingerprint density at radius 3 is 1.96 bits per heavy atom. The second kappa shape index (κ2) is 10.5. The summed E-state index contributed by atoms with van der Waals surface area (Å²) >= 11 is 0. The molecule has 0 N–H and O–H groups in total. The molecular formula is C45H28N2O. The van der Waals surface area contributed by atoms with E-state index >= 15 is 0 Å². The van der Waals surface area contributed by atoms with Crippen LogP contribution in [-0.4, -0.2) is 9.55 Å². The van der Waals surface area contributed by atoms with Gasteiger partial charge in [0.1, 0.15) is 5.58 Å². The number of aromatic nitrogens is 2. The zero-order chi connectivity index (χ0) is 31.6. The number of hydrogen-bond acceptors (Lipinski definition) is 2. The highest BCUT2D eigenvalue weighted by Crippen LogP contribution is 2.41. The van der Waals surface area contributed by atoms with Crippen LogP contribution in [0.2, 0.25) is 0 Å². The zero-order valence-electron chi connectivity index (χ0n) is 26.0. The monoisotopic (exact) mass is 612 g/mol. The number of pyridine rings is 1. The Balaban J connectivity index is 1.18. The van der Waals surface area contributed by atoms with E-state index < -0.39 is 0 Å². The highest BCUT2D eigenvalue weighted by molar-refractivity contribution is 6.14. The lowest BCUT2D eigenvalue weighted by molar-refractivity contribution is 0.666. The quantitative estimate of drug-likeness (QED) is 0.198. The molecule has 0 bridgehead atoms. The van der Waals surface area contributed by atoms with Crippen LogP contribution in [0.25, 0.3) is 93.8 Å². The van der Waals surface area contributed by atoms with Gasteiger partial charge in [-0.25, -0.2) is 4.98 Å². The minimum absolute atomic E-state index is 0.865. The van der Waals surface area contributed by atoms with Crippen molar-refractivity contribution in [3.05, 3.63) is 170 Å². The maximum Gasteiger partial charge on any atom is 0.159 e. The van der Waals surface area contributed by atoms with Gasteiger partial charge in [0.2, 0.25) is 0 Å². The van der Waals surface area contributed by atoms with E-state index in [1.54, 1.807) is 0 Å². The number of hydrogen-bond donors (Lipinski definition) is 0. The fraction of sp³-hybridized carbons (Fsp3) is 0. The first-order valence-electron chi connectivity index (χ1n) is 16.3. The van der Waals surface area contributed by atoms with Crippen molar-refractivity contribution in [1.82, 2.24) is 9.55 Å². The molecule has 224 valence electrons. The highest BCUT2D eigenvalue weighted by Gasteiger charge is 2.19. The van der Waals surface area contributed by atoms with Gasteiger partial charge >= 0.3 is 0 Å². The van der Waals surface area contributed by atoms with Crippen LogP contribution in [0.5, 0.6) is 0 Å². The summed E-state index contributed by atoms with van der Waals surface area (Å²) in [6.07, 6.45) is 0. The van der Waals surface area contributed by atoms with Crippen molar-refractivity contribution < 1.29 is 4.42 Å². The summed E-state index contributed by atoms with van der Waals surface area (Å²) in [4.78, 5) is 5.01. The SMILES string of the molecule is c1ccc(-c2ccc3c(c2)c2ccccc2n3-c2cccc3c2oc2cc(-c4cc(-c5ccccc5)nc5ccccc45)ccc23)cc1. The Morgan fingerprint density at radius 2 is 1.10 bits per heavy atom. The molecule has 0 saturated carbocycles. The number of fused-ring (bicyclic) bond motifs is 7. The molecule has 48 heavy (non-hydrogen) atoms. The van der Waals surface area contributed by atoms with E-state index in [1.165, 1.54) is 21.9 Å². The summed E-state index contributed by atoms with van der Waals surface area (Å²) in [5, 5.41) is 5.77. The van der Waals surface area contributed by atoms with Gasteiger partial charge in [-0.1, -0.05) is 121 Å². The minimum atomic E-state index is 0.865. The van der Waals surface area contributed by atoms with E-state index in [-0.39, 0.29) is 0 Å². The Kier molecular flexibility index (Phi) is 5.87. The van der Waals surface area contributed by atoms with E-state index in [2.05, 4.69) is 168 Å². The summed E-state index contributed by atoms with van der Waals surface area (Å²) in [6.45, 7) is 0. The molecule has 0 aliphatic heterocycles. The van der Waals surface area contributed by atoms with Gasteiger partial charge in [0.15, 0.2) is 5.58 Å². The van der Waals surface area contributed by atoms with Gasteiger partial charge in [-0.05, 0) is 70.8 Å². The third-order valence-corrected chi connectivity index (χ3v) is 9.60. The molecule has 10 rings (SSSR count). The molecule has 0 radical (unpaired) electrons. The molecule has 0 saturated heterocycles. The van der Waals surface area contributed by atoms with Crippen molar-refractivity contribution in [1.29, 1.82) is 0 Å². The Morgan fingerprint density at radius 1 is 0.417 bits per heavy atom. The predicted molar refractivity (Wildman–Crippen MR) is 200 cm³/mol. The lowest BCUT2D eigenvalue weighted by Crippen LogP contribution is -1.94.